The van der Waals surface area contributed by atoms with E-state index in [0.29, 0.717) is 5.69 Å². The minimum absolute atomic E-state index is 0.0188. The van der Waals surface area contributed by atoms with E-state index in [4.69, 9.17) is 0 Å². The topological polar surface area (TPSA) is 96.7 Å². The number of nitrogens with one attached hydrogen (secondary N) is 1. The Morgan fingerprint density at radius 1 is 1.08 bits per heavy atom. The molecule has 0 radical (unpaired) electrons. The van der Waals surface area contributed by atoms with Gasteiger partial charge < -0.3 is 5.11 Å². The molecule has 0 aliphatic heterocycles. The summed E-state index contributed by atoms with van der Waals surface area (Å²) < 4.78 is 1.30. The first-order chi connectivity index (χ1) is 12.6. The molecule has 0 saturated carbocycles. The van der Waals surface area contributed by atoms with Gasteiger partial charge in [-0.3, -0.25) is 5.10 Å². The molecule has 0 spiro atoms. The largest absolute Gasteiger partial charge is 0.476 e. The molecule has 0 bridgehead atoms. The van der Waals surface area contributed by atoms with E-state index in [1.165, 1.54) is 10.9 Å². The first-order valence-electron chi connectivity index (χ1n) is 8.00. The quantitative estimate of drug-likeness (QED) is 0.591. The molecule has 2 aromatic carbocycles. The molecule has 0 aliphatic rings. The zero-order valence-corrected chi connectivity index (χ0v) is 13.9. The molecule has 26 heavy (non-hydrogen) atoms. The molecule has 128 valence electrons. The van der Waals surface area contributed by atoms with Gasteiger partial charge in [0.15, 0.2) is 5.69 Å². The van der Waals surface area contributed by atoms with Crippen molar-refractivity contribution in [2.45, 2.75) is 6.92 Å². The highest BCUT2D eigenvalue weighted by atomic mass is 16.4. The van der Waals surface area contributed by atoms with Gasteiger partial charge in [0.25, 0.3) is 0 Å². The summed E-state index contributed by atoms with van der Waals surface area (Å²) >= 11 is 0. The van der Waals surface area contributed by atoms with Gasteiger partial charge >= 0.3 is 5.97 Å². The van der Waals surface area contributed by atoms with Crippen LogP contribution in [0.5, 0.6) is 0 Å². The Hall–Kier alpha value is -3.74. The number of hydrogen-bond donors (Lipinski definition) is 2. The van der Waals surface area contributed by atoms with Crippen molar-refractivity contribution in [3.8, 4) is 28.1 Å². The van der Waals surface area contributed by atoms with Crippen LogP contribution >= 0.6 is 0 Å². The molecule has 0 fully saturated rings. The highest BCUT2D eigenvalue weighted by Gasteiger charge is 2.14. The molecule has 2 heterocycles. The fourth-order valence-corrected chi connectivity index (χ4v) is 2.92. The molecular weight excluding hydrogens is 330 g/mol. The monoisotopic (exact) mass is 345 g/mol. The maximum atomic E-state index is 11.2. The van der Waals surface area contributed by atoms with Crippen LogP contribution in [0.1, 0.15) is 16.1 Å². The number of aromatic nitrogens is 5. The fourth-order valence-electron chi connectivity index (χ4n) is 2.92. The van der Waals surface area contributed by atoms with E-state index in [1.807, 2.05) is 61.7 Å². The summed E-state index contributed by atoms with van der Waals surface area (Å²) in [4.78, 5) is 11.2. The van der Waals surface area contributed by atoms with Crippen LogP contribution < -0.4 is 0 Å². The lowest BCUT2D eigenvalue weighted by Gasteiger charge is -2.10. The van der Waals surface area contributed by atoms with Gasteiger partial charge in [-0.1, -0.05) is 41.6 Å². The Bertz CT molecular complexity index is 1080. The number of carbonyl (C=O) groups is 1. The predicted octanol–water partition coefficient (Wildman–Crippen LogP) is 3.33. The smallest absolute Gasteiger partial charge is 0.356 e. The van der Waals surface area contributed by atoms with Crippen LogP contribution in [0.4, 0.5) is 0 Å². The number of carboxylic acid groups (broad SMARTS) is 1. The third-order valence-electron chi connectivity index (χ3n) is 4.20. The lowest BCUT2D eigenvalue weighted by atomic mass is 9.96. The third kappa shape index (κ3) is 2.65. The van der Waals surface area contributed by atoms with E-state index in [-0.39, 0.29) is 5.69 Å². The molecule has 0 unspecified atom stereocenters. The number of aromatic amines is 1. The lowest BCUT2D eigenvalue weighted by molar-refractivity contribution is 0.0687. The average Bonchev–Trinajstić information content (AvgIpc) is 3.31. The van der Waals surface area contributed by atoms with Crippen molar-refractivity contribution >= 4 is 5.97 Å². The van der Waals surface area contributed by atoms with E-state index < -0.39 is 5.97 Å². The molecule has 0 saturated heterocycles. The average molecular weight is 345 g/mol. The Labute approximate surface area is 148 Å². The standard InChI is InChI=1S/C19H15N5O2/c1-12-10-20-22-18(12)16-5-3-2-4-15(16)13-6-8-14(9-7-13)24-17(19(25)26)11-21-23-24/h2-11H,1H3,(H,20,22)(H,25,26). The number of H-pyrrole nitrogens is 1. The van der Waals surface area contributed by atoms with Crippen LogP contribution in [0, 0.1) is 6.92 Å². The van der Waals surface area contributed by atoms with Gasteiger partial charge in [0.05, 0.1) is 17.6 Å². The number of aromatic carboxylic acids is 1. The zero-order chi connectivity index (χ0) is 18.1. The van der Waals surface area contributed by atoms with E-state index >= 15 is 0 Å². The van der Waals surface area contributed by atoms with Crippen molar-refractivity contribution < 1.29 is 9.90 Å². The van der Waals surface area contributed by atoms with E-state index in [0.717, 1.165) is 27.9 Å². The number of carboxylic acids is 1. The maximum absolute atomic E-state index is 11.2. The fraction of sp³-hybridized carbons (Fsp3) is 0.0526. The third-order valence-corrected chi connectivity index (χ3v) is 4.20. The minimum Gasteiger partial charge on any atom is -0.476 e. The first-order valence-corrected chi connectivity index (χ1v) is 8.00. The number of aryl methyl sites for hydroxylation is 1. The normalized spacial score (nSPS) is 10.8. The Kier molecular flexibility index (Phi) is 3.81. The number of nitrogens with zero attached hydrogens (tertiary/aromatic N) is 4. The number of hydrogen-bond acceptors (Lipinski definition) is 4. The van der Waals surface area contributed by atoms with E-state index in [1.54, 1.807) is 0 Å². The summed E-state index contributed by atoms with van der Waals surface area (Å²) in [6.07, 6.45) is 3.10. The Morgan fingerprint density at radius 2 is 1.81 bits per heavy atom. The maximum Gasteiger partial charge on any atom is 0.356 e. The molecule has 0 aliphatic carbocycles. The van der Waals surface area contributed by atoms with Gasteiger partial charge in [-0.25, -0.2) is 9.48 Å². The molecule has 7 heteroatoms. The van der Waals surface area contributed by atoms with Crippen molar-refractivity contribution in [3.63, 3.8) is 0 Å². The summed E-state index contributed by atoms with van der Waals surface area (Å²) in [5.74, 6) is -1.07. The molecule has 0 amide bonds. The van der Waals surface area contributed by atoms with Crippen LogP contribution in [0.25, 0.3) is 28.1 Å². The molecular formula is C19H15N5O2. The van der Waals surface area contributed by atoms with Crippen LogP contribution in [-0.4, -0.2) is 36.3 Å². The van der Waals surface area contributed by atoms with E-state index in [2.05, 4.69) is 20.5 Å². The second-order valence-corrected chi connectivity index (χ2v) is 5.85. The van der Waals surface area contributed by atoms with Crippen LogP contribution in [0.15, 0.2) is 60.9 Å². The second-order valence-electron chi connectivity index (χ2n) is 5.85. The number of rotatable bonds is 4. The molecule has 2 N–H and O–H groups in total. The molecule has 7 nitrogen and oxygen atoms in total. The summed E-state index contributed by atoms with van der Waals surface area (Å²) in [6.45, 7) is 2.01. The molecule has 4 aromatic rings. The number of benzene rings is 2. The molecule has 0 atom stereocenters. The van der Waals surface area contributed by atoms with Gasteiger partial charge in [0.2, 0.25) is 0 Å². The summed E-state index contributed by atoms with van der Waals surface area (Å²) in [5.41, 5.74) is 5.72. The van der Waals surface area contributed by atoms with Gasteiger partial charge in [-0.15, -0.1) is 5.10 Å². The van der Waals surface area contributed by atoms with Crippen molar-refractivity contribution in [2.24, 2.45) is 0 Å². The zero-order valence-electron chi connectivity index (χ0n) is 13.9. The summed E-state index contributed by atoms with van der Waals surface area (Å²) in [7, 11) is 0. The van der Waals surface area contributed by atoms with Crippen LogP contribution in [-0.2, 0) is 0 Å². The minimum atomic E-state index is -1.07. The van der Waals surface area contributed by atoms with Crippen LogP contribution in [0.2, 0.25) is 0 Å². The summed E-state index contributed by atoms with van der Waals surface area (Å²) in [6, 6.07) is 15.6. The van der Waals surface area contributed by atoms with Crippen molar-refractivity contribution in [1.82, 2.24) is 25.2 Å². The first kappa shape index (κ1) is 15.8. The van der Waals surface area contributed by atoms with Crippen molar-refractivity contribution in [1.29, 1.82) is 0 Å². The Morgan fingerprint density at radius 3 is 2.46 bits per heavy atom. The van der Waals surface area contributed by atoms with Gasteiger partial charge in [-0.05, 0) is 35.7 Å². The molecule has 2 aromatic heterocycles. The highest BCUT2D eigenvalue weighted by molar-refractivity contribution is 5.86. The Balaban J connectivity index is 1.76. The second kappa shape index (κ2) is 6.29. The van der Waals surface area contributed by atoms with Gasteiger partial charge in [0.1, 0.15) is 0 Å². The van der Waals surface area contributed by atoms with Gasteiger partial charge in [0, 0.05) is 11.8 Å². The summed E-state index contributed by atoms with van der Waals surface area (Å²) in [5, 5.41) is 24.0. The lowest BCUT2D eigenvalue weighted by Crippen LogP contribution is -2.07. The van der Waals surface area contributed by atoms with Crippen molar-refractivity contribution in [3.05, 3.63) is 72.2 Å². The molecule has 4 rings (SSSR count). The highest BCUT2D eigenvalue weighted by Crippen LogP contribution is 2.32. The van der Waals surface area contributed by atoms with Crippen molar-refractivity contribution in [2.75, 3.05) is 0 Å². The van der Waals surface area contributed by atoms with Crippen LogP contribution in [0.3, 0.4) is 0 Å². The SMILES string of the molecule is Cc1c[nH]nc1-c1ccccc1-c1ccc(-n2nncc2C(=O)O)cc1. The predicted molar refractivity (Wildman–Crippen MR) is 96.1 cm³/mol. The van der Waals surface area contributed by atoms with Gasteiger partial charge in [-0.2, -0.15) is 5.10 Å². The van der Waals surface area contributed by atoms with E-state index in [9.17, 15) is 9.90 Å².